The van der Waals surface area contributed by atoms with Crippen molar-refractivity contribution in [2.75, 3.05) is 44.2 Å². The van der Waals surface area contributed by atoms with Crippen molar-refractivity contribution < 1.29 is 4.79 Å². The fourth-order valence-corrected chi connectivity index (χ4v) is 4.45. The molecule has 2 fully saturated rings. The molecule has 1 N–H and O–H groups in total. The lowest BCUT2D eigenvalue weighted by Gasteiger charge is -2.37. The second-order valence-electron chi connectivity index (χ2n) is 8.16. The molecule has 0 aromatic heterocycles. The number of carbonyl (C=O) groups excluding carboxylic acids is 1. The molecule has 1 atom stereocenters. The number of carbonyl (C=O) groups is 1. The van der Waals surface area contributed by atoms with Gasteiger partial charge in [0.05, 0.1) is 0 Å². The maximum absolute atomic E-state index is 12.9. The Balaban J connectivity index is 1.38. The summed E-state index contributed by atoms with van der Waals surface area (Å²) in [7, 11) is 0. The molecule has 4 heteroatoms. The van der Waals surface area contributed by atoms with Crippen molar-refractivity contribution in [1.29, 1.82) is 0 Å². The number of piperazine rings is 1. The SMILES string of the molecule is Cc1cccc(N2CCN(C(=O)c3ccc([C@H]4CCCNC4)cc3)CC2)c1C. The number of benzene rings is 2. The molecular weight excluding hydrogens is 346 g/mol. The molecule has 4 nitrogen and oxygen atoms in total. The Labute approximate surface area is 168 Å². The summed E-state index contributed by atoms with van der Waals surface area (Å²) in [6.07, 6.45) is 2.47. The number of amides is 1. The quantitative estimate of drug-likeness (QED) is 0.885. The van der Waals surface area contributed by atoms with Crippen molar-refractivity contribution in [3.63, 3.8) is 0 Å². The zero-order chi connectivity index (χ0) is 19.5. The van der Waals surface area contributed by atoms with Gasteiger partial charge in [-0.3, -0.25) is 4.79 Å². The zero-order valence-corrected chi connectivity index (χ0v) is 17.1. The molecule has 0 spiro atoms. The molecule has 2 aliphatic rings. The van der Waals surface area contributed by atoms with Crippen molar-refractivity contribution in [2.45, 2.75) is 32.6 Å². The van der Waals surface area contributed by atoms with Gasteiger partial charge in [-0.15, -0.1) is 0 Å². The third kappa shape index (κ3) is 3.93. The highest BCUT2D eigenvalue weighted by molar-refractivity contribution is 5.94. The van der Waals surface area contributed by atoms with Gasteiger partial charge in [-0.2, -0.15) is 0 Å². The second-order valence-corrected chi connectivity index (χ2v) is 8.16. The van der Waals surface area contributed by atoms with Gasteiger partial charge in [0, 0.05) is 44.0 Å². The highest BCUT2D eigenvalue weighted by Gasteiger charge is 2.23. The molecule has 4 rings (SSSR count). The van der Waals surface area contributed by atoms with Crippen LogP contribution in [-0.2, 0) is 0 Å². The van der Waals surface area contributed by atoms with Crippen molar-refractivity contribution in [1.82, 2.24) is 10.2 Å². The Morgan fingerprint density at radius 3 is 2.43 bits per heavy atom. The number of aryl methyl sites for hydroxylation is 1. The van der Waals surface area contributed by atoms with Crippen LogP contribution < -0.4 is 10.2 Å². The lowest BCUT2D eigenvalue weighted by atomic mass is 9.91. The minimum Gasteiger partial charge on any atom is -0.368 e. The van der Waals surface area contributed by atoms with E-state index in [2.05, 4.69) is 54.4 Å². The van der Waals surface area contributed by atoms with Gasteiger partial charge in [-0.1, -0.05) is 24.3 Å². The van der Waals surface area contributed by atoms with Crippen molar-refractivity contribution in [3.05, 3.63) is 64.7 Å². The Morgan fingerprint density at radius 2 is 1.75 bits per heavy atom. The van der Waals surface area contributed by atoms with Gasteiger partial charge in [-0.25, -0.2) is 0 Å². The predicted molar refractivity (Wildman–Crippen MR) is 115 cm³/mol. The standard InChI is InChI=1S/C24H31N3O/c1-18-5-3-7-23(19(18)2)26-13-15-27(16-14-26)24(28)21-10-8-20(9-11-21)22-6-4-12-25-17-22/h3,5,7-11,22,25H,4,6,12-17H2,1-2H3/t22-/m0/s1. The Bertz CT molecular complexity index is 816. The lowest BCUT2D eigenvalue weighted by molar-refractivity contribution is 0.0746. The van der Waals surface area contributed by atoms with E-state index in [-0.39, 0.29) is 5.91 Å². The first-order chi connectivity index (χ1) is 13.6. The average Bonchev–Trinajstić information content (AvgIpc) is 2.76. The normalized spacial score (nSPS) is 20.3. The molecule has 0 unspecified atom stereocenters. The third-order valence-electron chi connectivity index (χ3n) is 6.41. The van der Waals surface area contributed by atoms with Crippen LogP contribution in [-0.4, -0.2) is 50.1 Å². The van der Waals surface area contributed by atoms with E-state index in [1.165, 1.54) is 35.2 Å². The molecule has 2 aromatic rings. The summed E-state index contributed by atoms with van der Waals surface area (Å²) in [6.45, 7) is 9.86. The predicted octanol–water partition coefficient (Wildman–Crippen LogP) is 3.73. The van der Waals surface area contributed by atoms with Gasteiger partial charge >= 0.3 is 0 Å². The summed E-state index contributed by atoms with van der Waals surface area (Å²) in [5.74, 6) is 0.743. The van der Waals surface area contributed by atoms with E-state index in [9.17, 15) is 4.79 Å². The zero-order valence-electron chi connectivity index (χ0n) is 17.1. The monoisotopic (exact) mass is 377 g/mol. The van der Waals surface area contributed by atoms with E-state index in [1.54, 1.807) is 0 Å². The molecule has 0 radical (unpaired) electrons. The van der Waals surface area contributed by atoms with Crippen LogP contribution in [0.3, 0.4) is 0 Å². The van der Waals surface area contributed by atoms with Gasteiger partial charge in [0.25, 0.3) is 5.91 Å². The van der Waals surface area contributed by atoms with E-state index >= 15 is 0 Å². The van der Waals surface area contributed by atoms with E-state index < -0.39 is 0 Å². The van der Waals surface area contributed by atoms with Crippen LogP contribution in [0.15, 0.2) is 42.5 Å². The van der Waals surface area contributed by atoms with E-state index in [0.29, 0.717) is 5.92 Å². The summed E-state index contributed by atoms with van der Waals surface area (Å²) in [4.78, 5) is 17.4. The fraction of sp³-hybridized carbons (Fsp3) is 0.458. The number of nitrogens with one attached hydrogen (secondary N) is 1. The molecule has 28 heavy (non-hydrogen) atoms. The number of rotatable bonds is 3. The second kappa shape index (κ2) is 8.36. The Hall–Kier alpha value is -2.33. The van der Waals surface area contributed by atoms with Crippen LogP contribution in [0.25, 0.3) is 0 Å². The number of hydrogen-bond donors (Lipinski definition) is 1. The largest absolute Gasteiger partial charge is 0.368 e. The third-order valence-corrected chi connectivity index (χ3v) is 6.41. The van der Waals surface area contributed by atoms with Crippen molar-refractivity contribution in [3.8, 4) is 0 Å². The minimum absolute atomic E-state index is 0.161. The summed E-state index contributed by atoms with van der Waals surface area (Å²) in [5, 5.41) is 3.47. The first kappa shape index (κ1) is 19.0. The first-order valence-corrected chi connectivity index (χ1v) is 10.5. The fourth-order valence-electron chi connectivity index (χ4n) is 4.45. The molecule has 0 bridgehead atoms. The van der Waals surface area contributed by atoms with E-state index in [4.69, 9.17) is 0 Å². The maximum Gasteiger partial charge on any atom is 0.253 e. The number of piperidine rings is 1. The molecular formula is C24H31N3O. The Kier molecular flexibility index (Phi) is 5.67. The van der Waals surface area contributed by atoms with Crippen LogP contribution in [0, 0.1) is 13.8 Å². The Morgan fingerprint density at radius 1 is 1.00 bits per heavy atom. The highest BCUT2D eigenvalue weighted by Crippen LogP contribution is 2.25. The highest BCUT2D eigenvalue weighted by atomic mass is 16.2. The molecule has 0 saturated carbocycles. The van der Waals surface area contributed by atoms with Gasteiger partial charge in [0.15, 0.2) is 0 Å². The van der Waals surface area contributed by atoms with Gasteiger partial charge in [0.2, 0.25) is 0 Å². The molecule has 0 aliphatic carbocycles. The minimum atomic E-state index is 0.161. The first-order valence-electron chi connectivity index (χ1n) is 10.5. The van der Waals surface area contributed by atoms with E-state index in [1.807, 2.05) is 17.0 Å². The topological polar surface area (TPSA) is 35.6 Å². The van der Waals surface area contributed by atoms with Crippen molar-refractivity contribution >= 4 is 11.6 Å². The van der Waals surface area contributed by atoms with Crippen molar-refractivity contribution in [2.24, 2.45) is 0 Å². The number of nitrogens with zero attached hydrogens (tertiary/aromatic N) is 2. The lowest BCUT2D eigenvalue weighted by Crippen LogP contribution is -2.49. The molecule has 148 valence electrons. The summed E-state index contributed by atoms with van der Waals surface area (Å²) in [5.41, 5.74) is 6.13. The van der Waals surface area contributed by atoms with Crippen LogP contribution in [0.1, 0.15) is 45.8 Å². The van der Waals surface area contributed by atoms with Crippen LogP contribution in [0.5, 0.6) is 0 Å². The average molecular weight is 378 g/mol. The van der Waals surface area contributed by atoms with Crippen LogP contribution >= 0.6 is 0 Å². The van der Waals surface area contributed by atoms with E-state index in [0.717, 1.165) is 44.8 Å². The molecule has 2 saturated heterocycles. The van der Waals surface area contributed by atoms with Crippen LogP contribution in [0.2, 0.25) is 0 Å². The molecule has 2 heterocycles. The molecule has 2 aromatic carbocycles. The van der Waals surface area contributed by atoms with Crippen LogP contribution in [0.4, 0.5) is 5.69 Å². The molecule has 1 amide bonds. The number of anilines is 1. The van der Waals surface area contributed by atoms with Gasteiger partial charge in [-0.05, 0) is 74.0 Å². The smallest absolute Gasteiger partial charge is 0.253 e. The summed E-state index contributed by atoms with van der Waals surface area (Å²) in [6, 6.07) is 14.8. The summed E-state index contributed by atoms with van der Waals surface area (Å²) >= 11 is 0. The number of hydrogen-bond acceptors (Lipinski definition) is 3. The summed E-state index contributed by atoms with van der Waals surface area (Å²) < 4.78 is 0. The van der Waals surface area contributed by atoms with Gasteiger partial charge < -0.3 is 15.1 Å². The van der Waals surface area contributed by atoms with Gasteiger partial charge in [0.1, 0.15) is 0 Å². The maximum atomic E-state index is 12.9. The molecule has 2 aliphatic heterocycles.